The predicted octanol–water partition coefficient (Wildman–Crippen LogP) is 2.25. The molecular formula is C15H14N2O5. The van der Waals surface area contributed by atoms with Gasteiger partial charge in [0.15, 0.2) is 5.82 Å². The zero-order valence-corrected chi connectivity index (χ0v) is 12.2. The van der Waals surface area contributed by atoms with Crippen LogP contribution in [-0.2, 0) is 0 Å². The Bertz CT molecular complexity index is 853. The molecule has 0 saturated carbocycles. The van der Waals surface area contributed by atoms with Gasteiger partial charge in [-0.1, -0.05) is 5.16 Å². The Morgan fingerprint density at radius 2 is 1.95 bits per heavy atom. The molecule has 3 rings (SSSR count). The van der Waals surface area contributed by atoms with Crippen molar-refractivity contribution in [3.05, 3.63) is 46.1 Å². The fourth-order valence-corrected chi connectivity index (χ4v) is 2.02. The number of benzene rings is 1. The van der Waals surface area contributed by atoms with Crippen molar-refractivity contribution in [1.82, 2.24) is 10.1 Å². The molecule has 0 spiro atoms. The number of aryl methyl sites for hydroxylation is 2. The second kappa shape index (κ2) is 5.88. The van der Waals surface area contributed by atoms with Gasteiger partial charge in [0.2, 0.25) is 0 Å². The molecule has 0 radical (unpaired) electrons. The lowest BCUT2D eigenvalue weighted by Gasteiger charge is -2.07. The van der Waals surface area contributed by atoms with Crippen LogP contribution in [0.25, 0.3) is 11.0 Å². The standard InChI is InChI=1S/C15H14N2O5/c1-9-7-14(18)21-13-8-11(3-4-12(9)13)19-5-6-20-15-16-10(2)17-22-15/h3-4,7-8H,5-6H2,1-2H3. The highest BCUT2D eigenvalue weighted by atomic mass is 16.6. The number of hydrogen-bond donors (Lipinski definition) is 0. The molecule has 0 aliphatic heterocycles. The maximum absolute atomic E-state index is 11.4. The average molecular weight is 302 g/mol. The van der Waals surface area contributed by atoms with E-state index in [2.05, 4.69) is 10.1 Å². The van der Waals surface area contributed by atoms with Gasteiger partial charge in [-0.3, -0.25) is 4.52 Å². The zero-order valence-electron chi connectivity index (χ0n) is 12.2. The molecule has 0 N–H and O–H groups in total. The minimum absolute atomic E-state index is 0.112. The van der Waals surface area contributed by atoms with Crippen molar-refractivity contribution >= 4 is 11.0 Å². The van der Waals surface area contributed by atoms with E-state index < -0.39 is 0 Å². The third kappa shape index (κ3) is 3.08. The van der Waals surface area contributed by atoms with Crippen LogP contribution in [0.2, 0.25) is 0 Å². The summed E-state index contributed by atoms with van der Waals surface area (Å²) in [4.78, 5) is 15.3. The smallest absolute Gasteiger partial charge is 0.417 e. The summed E-state index contributed by atoms with van der Waals surface area (Å²) in [6, 6.07) is 6.81. The number of rotatable bonds is 5. The molecule has 0 bridgehead atoms. The maximum atomic E-state index is 11.4. The Balaban J connectivity index is 1.63. The molecule has 0 unspecified atom stereocenters. The van der Waals surface area contributed by atoms with Gasteiger partial charge in [0.25, 0.3) is 0 Å². The van der Waals surface area contributed by atoms with Gasteiger partial charge in [0, 0.05) is 17.5 Å². The highest BCUT2D eigenvalue weighted by molar-refractivity contribution is 5.81. The topological polar surface area (TPSA) is 87.6 Å². The van der Waals surface area contributed by atoms with Gasteiger partial charge >= 0.3 is 11.7 Å². The molecule has 0 atom stereocenters. The molecule has 0 saturated heterocycles. The monoisotopic (exact) mass is 302 g/mol. The highest BCUT2D eigenvalue weighted by Crippen LogP contribution is 2.22. The molecule has 114 valence electrons. The Morgan fingerprint density at radius 1 is 1.14 bits per heavy atom. The minimum Gasteiger partial charge on any atom is -0.490 e. The first-order valence-electron chi connectivity index (χ1n) is 6.72. The van der Waals surface area contributed by atoms with Crippen LogP contribution in [0.15, 0.2) is 38.0 Å². The lowest BCUT2D eigenvalue weighted by Crippen LogP contribution is -2.09. The lowest BCUT2D eigenvalue weighted by molar-refractivity contribution is 0.162. The van der Waals surface area contributed by atoms with Crippen molar-refractivity contribution in [2.24, 2.45) is 0 Å². The molecule has 0 aliphatic carbocycles. The summed E-state index contributed by atoms with van der Waals surface area (Å²) in [5.41, 5.74) is 0.987. The van der Waals surface area contributed by atoms with E-state index in [0.717, 1.165) is 10.9 Å². The number of aromatic nitrogens is 2. The van der Waals surface area contributed by atoms with Crippen LogP contribution in [0.1, 0.15) is 11.4 Å². The zero-order chi connectivity index (χ0) is 15.5. The van der Waals surface area contributed by atoms with Crippen molar-refractivity contribution in [1.29, 1.82) is 0 Å². The molecule has 0 amide bonds. The van der Waals surface area contributed by atoms with Gasteiger partial charge in [-0.25, -0.2) is 4.79 Å². The van der Waals surface area contributed by atoms with Crippen LogP contribution >= 0.6 is 0 Å². The summed E-state index contributed by atoms with van der Waals surface area (Å²) >= 11 is 0. The number of nitrogens with zero attached hydrogens (tertiary/aromatic N) is 2. The molecule has 7 nitrogen and oxygen atoms in total. The van der Waals surface area contributed by atoms with E-state index in [-0.39, 0.29) is 18.3 Å². The number of fused-ring (bicyclic) bond motifs is 1. The Labute approximate surface area is 125 Å². The quantitative estimate of drug-likeness (QED) is 0.527. The molecule has 2 aromatic heterocycles. The highest BCUT2D eigenvalue weighted by Gasteiger charge is 2.05. The Hall–Kier alpha value is -2.83. The second-order valence-corrected chi connectivity index (χ2v) is 4.71. The first-order chi connectivity index (χ1) is 10.6. The summed E-state index contributed by atoms with van der Waals surface area (Å²) < 4.78 is 20.8. The third-order valence-electron chi connectivity index (χ3n) is 3.01. The molecule has 22 heavy (non-hydrogen) atoms. The lowest BCUT2D eigenvalue weighted by atomic mass is 10.1. The van der Waals surface area contributed by atoms with Gasteiger partial charge in [-0.15, -0.1) is 0 Å². The van der Waals surface area contributed by atoms with Gasteiger partial charge in [0.1, 0.15) is 24.5 Å². The summed E-state index contributed by atoms with van der Waals surface area (Å²) in [7, 11) is 0. The van der Waals surface area contributed by atoms with Gasteiger partial charge in [-0.2, -0.15) is 4.98 Å². The first kappa shape index (κ1) is 14.1. The summed E-state index contributed by atoms with van der Waals surface area (Å²) in [5, 5.41) is 4.49. The van der Waals surface area contributed by atoms with E-state index >= 15 is 0 Å². The van der Waals surface area contributed by atoms with Crippen LogP contribution in [-0.4, -0.2) is 23.4 Å². The van der Waals surface area contributed by atoms with E-state index in [1.54, 1.807) is 13.0 Å². The largest absolute Gasteiger partial charge is 0.490 e. The third-order valence-corrected chi connectivity index (χ3v) is 3.01. The van der Waals surface area contributed by atoms with Crippen LogP contribution in [0, 0.1) is 13.8 Å². The molecular weight excluding hydrogens is 288 g/mol. The molecule has 3 aromatic rings. The predicted molar refractivity (Wildman–Crippen MR) is 77.2 cm³/mol. The summed E-state index contributed by atoms with van der Waals surface area (Å²) in [5.74, 6) is 1.10. The van der Waals surface area contributed by atoms with E-state index in [1.807, 2.05) is 19.1 Å². The fraction of sp³-hybridized carbons (Fsp3) is 0.267. The molecule has 1 aromatic carbocycles. The minimum atomic E-state index is -0.378. The van der Waals surface area contributed by atoms with Crippen molar-refractivity contribution < 1.29 is 18.4 Å². The van der Waals surface area contributed by atoms with Gasteiger partial charge in [0.05, 0.1) is 0 Å². The Morgan fingerprint density at radius 3 is 2.73 bits per heavy atom. The van der Waals surface area contributed by atoms with Gasteiger partial charge in [-0.05, 0) is 31.5 Å². The molecule has 7 heteroatoms. The molecule has 2 heterocycles. The maximum Gasteiger partial charge on any atom is 0.417 e. The SMILES string of the molecule is Cc1noc(OCCOc2ccc3c(C)cc(=O)oc3c2)n1. The van der Waals surface area contributed by atoms with Crippen molar-refractivity contribution in [2.75, 3.05) is 13.2 Å². The summed E-state index contributed by atoms with van der Waals surface area (Å²) in [6.45, 7) is 4.12. The van der Waals surface area contributed by atoms with E-state index in [1.165, 1.54) is 6.07 Å². The Kier molecular flexibility index (Phi) is 3.78. The second-order valence-electron chi connectivity index (χ2n) is 4.71. The number of hydrogen-bond acceptors (Lipinski definition) is 7. The molecule has 0 fully saturated rings. The van der Waals surface area contributed by atoms with Gasteiger partial charge < -0.3 is 13.9 Å². The molecule has 0 aliphatic rings. The number of ether oxygens (including phenoxy) is 2. The van der Waals surface area contributed by atoms with Crippen molar-refractivity contribution in [2.45, 2.75) is 13.8 Å². The van der Waals surface area contributed by atoms with Crippen LogP contribution in [0.4, 0.5) is 0 Å². The first-order valence-corrected chi connectivity index (χ1v) is 6.72. The van der Waals surface area contributed by atoms with Crippen molar-refractivity contribution in [3.8, 4) is 11.8 Å². The van der Waals surface area contributed by atoms with Crippen LogP contribution in [0.5, 0.6) is 11.8 Å². The van der Waals surface area contributed by atoms with Crippen LogP contribution < -0.4 is 15.1 Å². The van der Waals surface area contributed by atoms with E-state index in [0.29, 0.717) is 23.8 Å². The summed E-state index contributed by atoms with van der Waals surface area (Å²) in [6.07, 6.45) is 0.112. The van der Waals surface area contributed by atoms with E-state index in [9.17, 15) is 4.79 Å². The average Bonchev–Trinajstić information content (AvgIpc) is 2.88. The normalized spacial score (nSPS) is 10.8. The van der Waals surface area contributed by atoms with E-state index in [4.69, 9.17) is 18.4 Å². The fourth-order valence-electron chi connectivity index (χ4n) is 2.02. The van der Waals surface area contributed by atoms with Crippen molar-refractivity contribution in [3.63, 3.8) is 0 Å². The van der Waals surface area contributed by atoms with Crippen LogP contribution in [0.3, 0.4) is 0 Å².